The minimum atomic E-state index is 0. The Bertz CT molecular complexity index is 506. The molecule has 0 radical (unpaired) electrons. The van der Waals surface area contributed by atoms with Crippen molar-refractivity contribution in [1.29, 1.82) is 0 Å². The molecule has 0 atom stereocenters. The molecule has 2 aromatic rings. The molecule has 0 amide bonds. The lowest BCUT2D eigenvalue weighted by Crippen LogP contribution is -2.26. The Balaban J connectivity index is 0.00000108. The number of benzene rings is 1. The number of nitrogens with zero attached hydrogens (tertiary/aromatic N) is 1. The lowest BCUT2D eigenvalue weighted by atomic mass is 9.93. The van der Waals surface area contributed by atoms with E-state index in [2.05, 4.69) is 10.5 Å². The number of fused-ring (bicyclic) bond motifs is 1. The molecule has 0 bridgehead atoms. The van der Waals surface area contributed by atoms with Gasteiger partial charge >= 0.3 is 0 Å². The highest BCUT2D eigenvalue weighted by Crippen LogP contribution is 2.31. The number of phenolic OH excluding ortho intramolecular Hbond substituents is 1. The first-order valence-electron chi connectivity index (χ1n) is 5.63. The molecule has 1 aliphatic heterocycles. The molecule has 0 spiro atoms. The van der Waals surface area contributed by atoms with Crippen LogP contribution >= 0.6 is 12.4 Å². The Morgan fingerprint density at radius 1 is 1.29 bits per heavy atom. The van der Waals surface area contributed by atoms with Crippen molar-refractivity contribution in [3.63, 3.8) is 0 Å². The van der Waals surface area contributed by atoms with E-state index in [0.29, 0.717) is 11.5 Å². The van der Waals surface area contributed by atoms with E-state index < -0.39 is 0 Å². The zero-order valence-electron chi connectivity index (χ0n) is 9.35. The third-order valence-corrected chi connectivity index (χ3v) is 3.21. The van der Waals surface area contributed by atoms with E-state index in [-0.39, 0.29) is 18.2 Å². The van der Waals surface area contributed by atoms with E-state index in [0.717, 1.165) is 37.0 Å². The number of phenols is 1. The van der Waals surface area contributed by atoms with Crippen molar-refractivity contribution in [3.05, 3.63) is 23.9 Å². The Labute approximate surface area is 105 Å². The van der Waals surface area contributed by atoms with E-state index in [1.165, 1.54) is 0 Å². The van der Waals surface area contributed by atoms with Crippen LogP contribution in [0.1, 0.15) is 24.5 Å². The summed E-state index contributed by atoms with van der Waals surface area (Å²) in [6.45, 7) is 2.08. The number of piperidine rings is 1. The number of nitrogens with one attached hydrogen (secondary N) is 1. The molecule has 1 aliphatic rings. The number of rotatable bonds is 1. The molecular formula is C12H15ClN2O2. The van der Waals surface area contributed by atoms with Gasteiger partial charge in [-0.25, -0.2) is 0 Å². The van der Waals surface area contributed by atoms with Crippen molar-refractivity contribution in [1.82, 2.24) is 10.5 Å². The third kappa shape index (κ3) is 2.23. The molecule has 17 heavy (non-hydrogen) atoms. The minimum Gasteiger partial charge on any atom is -0.508 e. The van der Waals surface area contributed by atoms with Crippen LogP contribution in [-0.2, 0) is 0 Å². The van der Waals surface area contributed by atoms with Crippen LogP contribution in [-0.4, -0.2) is 23.4 Å². The van der Waals surface area contributed by atoms with Gasteiger partial charge in [0.2, 0.25) is 0 Å². The average molecular weight is 255 g/mol. The Kier molecular flexibility index (Phi) is 3.54. The molecule has 2 N–H and O–H groups in total. The maximum atomic E-state index is 9.35. The van der Waals surface area contributed by atoms with Crippen LogP contribution in [0.25, 0.3) is 11.0 Å². The molecule has 5 heteroatoms. The van der Waals surface area contributed by atoms with Crippen LogP contribution in [0, 0.1) is 0 Å². The number of halogens is 1. The second-order valence-corrected chi connectivity index (χ2v) is 4.27. The summed E-state index contributed by atoms with van der Waals surface area (Å²) in [5.41, 5.74) is 1.71. The van der Waals surface area contributed by atoms with Gasteiger partial charge in [-0.1, -0.05) is 5.16 Å². The summed E-state index contributed by atoms with van der Waals surface area (Å²) in [4.78, 5) is 0. The van der Waals surface area contributed by atoms with E-state index in [1.807, 2.05) is 6.07 Å². The number of hydrogen-bond acceptors (Lipinski definition) is 4. The molecule has 0 unspecified atom stereocenters. The van der Waals surface area contributed by atoms with Crippen molar-refractivity contribution in [2.45, 2.75) is 18.8 Å². The van der Waals surface area contributed by atoms with Crippen LogP contribution in [0.15, 0.2) is 22.7 Å². The molecular weight excluding hydrogens is 240 g/mol. The molecule has 0 saturated carbocycles. The fraction of sp³-hybridized carbons (Fsp3) is 0.417. The maximum Gasteiger partial charge on any atom is 0.170 e. The number of aromatic hydroxyl groups is 1. The van der Waals surface area contributed by atoms with Gasteiger partial charge in [-0.3, -0.25) is 0 Å². The first-order valence-corrected chi connectivity index (χ1v) is 5.63. The topological polar surface area (TPSA) is 58.3 Å². The van der Waals surface area contributed by atoms with Crippen LogP contribution in [0.5, 0.6) is 5.75 Å². The van der Waals surface area contributed by atoms with Crippen molar-refractivity contribution < 1.29 is 9.63 Å². The van der Waals surface area contributed by atoms with E-state index in [1.54, 1.807) is 12.1 Å². The highest BCUT2D eigenvalue weighted by molar-refractivity contribution is 5.85. The van der Waals surface area contributed by atoms with Gasteiger partial charge in [0.05, 0.1) is 5.69 Å². The van der Waals surface area contributed by atoms with Gasteiger partial charge in [0.15, 0.2) is 5.58 Å². The quantitative estimate of drug-likeness (QED) is 0.821. The number of hydrogen-bond donors (Lipinski definition) is 2. The predicted molar refractivity (Wildman–Crippen MR) is 67.8 cm³/mol. The van der Waals surface area contributed by atoms with Crippen LogP contribution in [0.2, 0.25) is 0 Å². The molecule has 1 aromatic heterocycles. The predicted octanol–water partition coefficient (Wildman–Crippen LogP) is 2.42. The fourth-order valence-electron chi connectivity index (χ4n) is 2.34. The standard InChI is InChI=1S/C12H14N2O2.ClH/c15-9-1-2-10-11(7-9)16-14-12(10)8-3-5-13-6-4-8;/h1-2,7-8,13,15H,3-6H2;1H. The summed E-state index contributed by atoms with van der Waals surface area (Å²) in [6, 6.07) is 5.19. The van der Waals surface area contributed by atoms with Crippen molar-refractivity contribution in [2.75, 3.05) is 13.1 Å². The normalized spacial score (nSPS) is 16.9. The zero-order chi connectivity index (χ0) is 11.0. The fourth-order valence-corrected chi connectivity index (χ4v) is 2.34. The van der Waals surface area contributed by atoms with Gasteiger partial charge in [-0.2, -0.15) is 0 Å². The lowest BCUT2D eigenvalue weighted by Gasteiger charge is -2.20. The summed E-state index contributed by atoms with van der Waals surface area (Å²) in [6.07, 6.45) is 2.20. The van der Waals surface area contributed by atoms with Gasteiger partial charge < -0.3 is 14.9 Å². The van der Waals surface area contributed by atoms with Crippen molar-refractivity contribution in [3.8, 4) is 5.75 Å². The Morgan fingerprint density at radius 2 is 2.06 bits per heavy atom. The summed E-state index contributed by atoms with van der Waals surface area (Å²) in [7, 11) is 0. The third-order valence-electron chi connectivity index (χ3n) is 3.21. The molecule has 3 rings (SSSR count). The highest BCUT2D eigenvalue weighted by atomic mass is 35.5. The monoisotopic (exact) mass is 254 g/mol. The van der Waals surface area contributed by atoms with Gasteiger partial charge in [0, 0.05) is 17.4 Å². The molecule has 1 saturated heterocycles. The molecule has 1 fully saturated rings. The molecule has 0 aliphatic carbocycles. The van der Waals surface area contributed by atoms with Gasteiger partial charge in [-0.05, 0) is 38.1 Å². The van der Waals surface area contributed by atoms with Crippen LogP contribution in [0.4, 0.5) is 0 Å². The van der Waals surface area contributed by atoms with Crippen molar-refractivity contribution >= 4 is 23.4 Å². The molecule has 92 valence electrons. The SMILES string of the molecule is Cl.Oc1ccc2c(C3CCNCC3)noc2c1. The second kappa shape index (κ2) is 4.94. The lowest BCUT2D eigenvalue weighted by molar-refractivity contribution is 0.403. The minimum absolute atomic E-state index is 0. The van der Waals surface area contributed by atoms with Crippen molar-refractivity contribution in [2.24, 2.45) is 0 Å². The van der Waals surface area contributed by atoms with E-state index >= 15 is 0 Å². The first kappa shape index (κ1) is 12.2. The Hall–Kier alpha value is -1.26. The van der Waals surface area contributed by atoms with Gasteiger partial charge in [-0.15, -0.1) is 12.4 Å². The van der Waals surface area contributed by atoms with Gasteiger partial charge in [0.25, 0.3) is 0 Å². The van der Waals surface area contributed by atoms with E-state index in [9.17, 15) is 5.11 Å². The van der Waals surface area contributed by atoms with E-state index in [4.69, 9.17) is 4.52 Å². The Morgan fingerprint density at radius 3 is 2.82 bits per heavy atom. The second-order valence-electron chi connectivity index (χ2n) is 4.27. The molecule has 4 nitrogen and oxygen atoms in total. The molecule has 1 aromatic carbocycles. The smallest absolute Gasteiger partial charge is 0.170 e. The molecule has 2 heterocycles. The highest BCUT2D eigenvalue weighted by Gasteiger charge is 2.21. The zero-order valence-corrected chi connectivity index (χ0v) is 10.2. The largest absolute Gasteiger partial charge is 0.508 e. The summed E-state index contributed by atoms with van der Waals surface area (Å²) in [5.74, 6) is 0.701. The summed E-state index contributed by atoms with van der Waals surface area (Å²) in [5, 5.41) is 17.9. The summed E-state index contributed by atoms with van der Waals surface area (Å²) < 4.78 is 5.25. The average Bonchev–Trinajstić information content (AvgIpc) is 2.73. The first-order chi connectivity index (χ1) is 7.84. The van der Waals surface area contributed by atoms with Crippen LogP contribution in [0.3, 0.4) is 0 Å². The maximum absolute atomic E-state index is 9.35. The van der Waals surface area contributed by atoms with Crippen LogP contribution < -0.4 is 5.32 Å². The van der Waals surface area contributed by atoms with Gasteiger partial charge in [0.1, 0.15) is 5.75 Å². The summed E-state index contributed by atoms with van der Waals surface area (Å²) >= 11 is 0. The number of aromatic nitrogens is 1.